The van der Waals surface area contributed by atoms with Crippen molar-refractivity contribution < 1.29 is 0 Å². The van der Waals surface area contributed by atoms with E-state index >= 15 is 0 Å². The summed E-state index contributed by atoms with van der Waals surface area (Å²) in [6, 6.07) is 0. The molecular weight excluding hydrogens is 1060 g/mol. The minimum atomic E-state index is 0.437. The van der Waals surface area contributed by atoms with E-state index in [0.29, 0.717) is 65.0 Å². The van der Waals surface area contributed by atoms with Crippen LogP contribution in [0.15, 0.2) is 0 Å². The SMILES string of the molecule is CC(C)(C)C(C)(C)C.CC(C)(C)C(C)(C)C.CC(C)(C)C(C)(C)C.CC(C)C(C)(C)C(C)C.CC(C)C(C)C(C)C.CC1(C2CC2)CC1.CCC(C)(C)C(C)(C)C.CCC(C)(C)C(C)C.CCC(C)C(C)(C)C.CC[C@@H](C)C(C)(C)C.C[C@H]1CC1C1CC1. The van der Waals surface area contributed by atoms with Gasteiger partial charge < -0.3 is 0 Å². The fourth-order valence-electron chi connectivity index (χ4n) is 6.52. The van der Waals surface area contributed by atoms with E-state index in [4.69, 9.17) is 0 Å². The lowest BCUT2D eigenvalue weighted by molar-refractivity contribution is 0.126. The third kappa shape index (κ3) is 50.4. The second-order valence-electron chi connectivity index (χ2n) is 43.0. The van der Waals surface area contributed by atoms with E-state index in [0.717, 1.165) is 64.6 Å². The quantitative estimate of drug-likeness (QED) is 0.193. The Morgan fingerprint density at radius 2 is 0.602 bits per heavy atom. The van der Waals surface area contributed by atoms with Gasteiger partial charge in [-0.15, -0.1) is 0 Å². The second-order valence-corrected chi connectivity index (χ2v) is 43.0. The van der Waals surface area contributed by atoms with Crippen LogP contribution in [0.5, 0.6) is 0 Å². The van der Waals surface area contributed by atoms with Gasteiger partial charge in [-0.3, -0.25) is 0 Å². The van der Waals surface area contributed by atoms with E-state index in [1.54, 1.807) is 19.3 Å². The first kappa shape index (κ1) is 102. The molecule has 0 spiro atoms. The maximum Gasteiger partial charge on any atom is -0.0297 e. The van der Waals surface area contributed by atoms with Gasteiger partial charge in [-0.05, 0) is 186 Å². The monoisotopic (exact) mass is 1250 g/mol. The van der Waals surface area contributed by atoms with Gasteiger partial charge in [0, 0.05) is 0 Å². The summed E-state index contributed by atoms with van der Waals surface area (Å²) in [5, 5.41) is 0. The third-order valence-electron chi connectivity index (χ3n) is 26.4. The molecule has 0 radical (unpaired) electrons. The molecule has 0 bridgehead atoms. The highest BCUT2D eigenvalue weighted by atomic mass is 14.5. The topological polar surface area (TPSA) is 0 Å². The Labute approximate surface area is 569 Å². The van der Waals surface area contributed by atoms with Gasteiger partial charge in [0.1, 0.15) is 0 Å². The lowest BCUT2D eigenvalue weighted by atomic mass is 9.68. The Morgan fingerprint density at radius 1 is 0.352 bits per heavy atom. The summed E-state index contributed by atoms with van der Waals surface area (Å²) in [5.74, 6) is 11.3. The molecule has 0 aromatic rings. The van der Waals surface area contributed by atoms with Gasteiger partial charge in [-0.25, -0.2) is 0 Å². The molecule has 0 heterocycles. The Kier molecular flexibility index (Phi) is 47.5. The summed E-state index contributed by atoms with van der Waals surface area (Å²) >= 11 is 0. The molecular formula is C88H190. The van der Waals surface area contributed by atoms with Crippen LogP contribution in [-0.4, -0.2) is 0 Å². The zero-order valence-corrected chi connectivity index (χ0v) is 73.2. The molecule has 88 heavy (non-hydrogen) atoms. The van der Waals surface area contributed by atoms with Crippen molar-refractivity contribution in [2.45, 2.75) is 431 Å². The summed E-state index contributed by atoms with van der Waals surface area (Å²) in [7, 11) is 0. The first-order valence-corrected chi connectivity index (χ1v) is 38.2. The van der Waals surface area contributed by atoms with E-state index in [9.17, 15) is 0 Å². The predicted molar refractivity (Wildman–Crippen MR) is 419 cm³/mol. The normalized spacial score (nSPS) is 18.6. The van der Waals surface area contributed by atoms with Crippen LogP contribution in [0.2, 0.25) is 0 Å². The molecule has 2 unspecified atom stereocenters. The number of hydrogen-bond donors (Lipinski definition) is 0. The van der Waals surface area contributed by atoms with Crippen molar-refractivity contribution >= 4 is 0 Å². The standard InChI is InChI=1S/2C9H20.7C8H18.2C7H12/c1-7-9(5,6)8(2,3)4;1-7(2)9(5,6)8(3)4;3*1-7(2,3)8(4,5)6;2*1-6-7(2)8(3,4)5;1-6-8(4,5)7(2)3;1-6(2)8(5)7(3)4;1-7(4-5-7)6-2-3-6;1-5-4-7(5)6-2-3-6/h7H2,1-6H3;7-8H,1-6H3;3*1-6H3;3*7H,6H2,1-5H3;6-8H,1-5H3;6H,2-5H2,1H3;5-7H,2-4H2,1H3/t;;;;;7-;;;;;5-,7?/m.....1....0/s1. The zero-order valence-electron chi connectivity index (χ0n) is 73.2. The van der Waals surface area contributed by atoms with Gasteiger partial charge in [0.2, 0.25) is 0 Å². The third-order valence-corrected chi connectivity index (χ3v) is 26.4. The largest absolute Gasteiger partial charge is 0.0651 e. The van der Waals surface area contributed by atoms with Crippen LogP contribution in [0, 0.1) is 141 Å². The van der Waals surface area contributed by atoms with Gasteiger partial charge in [0.15, 0.2) is 0 Å². The van der Waals surface area contributed by atoms with Crippen molar-refractivity contribution in [2.24, 2.45) is 141 Å². The lowest BCUT2D eigenvalue weighted by Crippen LogP contribution is -2.28. The molecule has 0 aromatic heterocycles. The molecule has 0 saturated heterocycles. The van der Waals surface area contributed by atoms with E-state index in [1.807, 2.05) is 0 Å². The molecule has 4 aliphatic carbocycles. The molecule has 0 N–H and O–H groups in total. The second kappa shape index (κ2) is 41.2. The molecule has 542 valence electrons. The van der Waals surface area contributed by atoms with E-state index in [1.165, 1.54) is 63.2 Å². The molecule has 4 saturated carbocycles. The fraction of sp³-hybridized carbons (Fsp3) is 1.00. The van der Waals surface area contributed by atoms with Crippen LogP contribution < -0.4 is 0 Å². The molecule has 4 aliphatic rings. The maximum absolute atomic E-state index is 2.44. The molecule has 0 aromatic carbocycles. The van der Waals surface area contributed by atoms with Crippen LogP contribution in [0.1, 0.15) is 431 Å². The maximum atomic E-state index is 2.44. The van der Waals surface area contributed by atoms with Gasteiger partial charge in [0.25, 0.3) is 0 Å². The summed E-state index contributed by atoms with van der Waals surface area (Å²) in [6.07, 6.45) is 15.9. The van der Waals surface area contributed by atoms with Crippen LogP contribution in [0.3, 0.4) is 0 Å². The van der Waals surface area contributed by atoms with Crippen molar-refractivity contribution in [1.82, 2.24) is 0 Å². The highest BCUT2D eigenvalue weighted by molar-refractivity contribution is 5.00. The number of hydrogen-bond acceptors (Lipinski definition) is 0. The van der Waals surface area contributed by atoms with Crippen molar-refractivity contribution in [3.05, 3.63) is 0 Å². The average Bonchev–Trinajstić information content (AvgIpc) is 4.08. The minimum absolute atomic E-state index is 0.437. The average molecular weight is 1250 g/mol. The highest BCUT2D eigenvalue weighted by Crippen LogP contribution is 2.60. The Balaban J connectivity index is -0.000000164. The lowest BCUT2D eigenvalue weighted by Gasteiger charge is -2.37. The van der Waals surface area contributed by atoms with Crippen LogP contribution in [0.4, 0.5) is 0 Å². The van der Waals surface area contributed by atoms with Gasteiger partial charge >= 0.3 is 0 Å². The molecule has 0 aliphatic heterocycles. The molecule has 4 fully saturated rings. The molecule has 0 heteroatoms. The summed E-state index contributed by atoms with van der Waals surface area (Å²) in [4.78, 5) is 0. The molecule has 0 nitrogen and oxygen atoms in total. The van der Waals surface area contributed by atoms with Gasteiger partial charge in [0.05, 0.1) is 0 Å². The van der Waals surface area contributed by atoms with Crippen molar-refractivity contribution in [3.8, 4) is 0 Å². The summed E-state index contributed by atoms with van der Waals surface area (Å²) in [5.41, 5.74) is 6.47. The number of rotatable bonds is 11. The van der Waals surface area contributed by atoms with E-state index in [-0.39, 0.29) is 0 Å². The smallest absolute Gasteiger partial charge is 0.0297 e. The minimum Gasteiger partial charge on any atom is -0.0651 e. The van der Waals surface area contributed by atoms with Crippen LogP contribution >= 0.6 is 0 Å². The zero-order chi connectivity index (χ0) is 73.2. The van der Waals surface area contributed by atoms with Crippen LogP contribution in [-0.2, 0) is 0 Å². The van der Waals surface area contributed by atoms with Crippen LogP contribution in [0.25, 0.3) is 0 Å². The first-order valence-electron chi connectivity index (χ1n) is 38.2. The highest BCUT2D eigenvalue weighted by Gasteiger charge is 2.49. The fourth-order valence-corrected chi connectivity index (χ4v) is 6.52. The molecule has 4 atom stereocenters. The van der Waals surface area contributed by atoms with Gasteiger partial charge in [-0.1, -0.05) is 386 Å². The molecule has 0 amide bonds. The summed E-state index contributed by atoms with van der Waals surface area (Å²) < 4.78 is 0. The van der Waals surface area contributed by atoms with Crippen molar-refractivity contribution in [2.75, 3.05) is 0 Å². The van der Waals surface area contributed by atoms with Gasteiger partial charge in [-0.2, -0.15) is 0 Å². The summed E-state index contributed by atoms with van der Waals surface area (Å²) in [6.45, 7) is 119. The van der Waals surface area contributed by atoms with Crippen molar-refractivity contribution in [3.63, 3.8) is 0 Å². The Morgan fingerprint density at radius 3 is 0.625 bits per heavy atom. The Bertz CT molecular complexity index is 1480. The first-order chi connectivity index (χ1) is 38.2. The van der Waals surface area contributed by atoms with E-state index in [2.05, 4.69) is 360 Å². The Hall–Kier alpha value is 0. The van der Waals surface area contributed by atoms with E-state index < -0.39 is 0 Å². The predicted octanol–water partition coefficient (Wildman–Crippen LogP) is 32.4. The molecule has 4 rings (SSSR count). The van der Waals surface area contributed by atoms with Crippen molar-refractivity contribution in [1.29, 1.82) is 0 Å².